The van der Waals surface area contributed by atoms with Crippen molar-refractivity contribution in [2.75, 3.05) is 13.1 Å². The molecule has 0 atom stereocenters. The molecule has 0 bridgehead atoms. The van der Waals surface area contributed by atoms with E-state index in [0.717, 1.165) is 19.5 Å². The smallest absolute Gasteiger partial charge is 0.123 e. The molecular formula is C12H18FN. The minimum Gasteiger partial charge on any atom is -0.316 e. The third-order valence-corrected chi connectivity index (χ3v) is 2.21. The van der Waals surface area contributed by atoms with Crippen LogP contribution in [0.3, 0.4) is 0 Å². The van der Waals surface area contributed by atoms with Gasteiger partial charge in [0.2, 0.25) is 0 Å². The molecule has 2 heteroatoms. The Balaban J connectivity index is 2.15. The largest absolute Gasteiger partial charge is 0.316 e. The quantitative estimate of drug-likeness (QED) is 0.688. The highest BCUT2D eigenvalue weighted by Crippen LogP contribution is 2.02. The van der Waals surface area contributed by atoms with Gasteiger partial charge in [-0.2, -0.15) is 0 Å². The van der Waals surface area contributed by atoms with Gasteiger partial charge in [-0.1, -0.05) is 25.5 Å². The summed E-state index contributed by atoms with van der Waals surface area (Å²) in [6.45, 7) is 4.24. The molecule has 0 heterocycles. The molecule has 1 rings (SSSR count). The van der Waals surface area contributed by atoms with Crippen LogP contribution in [0.1, 0.15) is 25.3 Å². The second-order valence-corrected chi connectivity index (χ2v) is 3.48. The average Bonchev–Trinajstić information content (AvgIpc) is 2.21. The summed E-state index contributed by atoms with van der Waals surface area (Å²) >= 11 is 0. The van der Waals surface area contributed by atoms with E-state index in [1.807, 2.05) is 12.1 Å². The van der Waals surface area contributed by atoms with E-state index < -0.39 is 0 Å². The van der Waals surface area contributed by atoms with Gasteiger partial charge < -0.3 is 5.32 Å². The lowest BCUT2D eigenvalue weighted by atomic mass is 10.1. The molecule has 0 saturated heterocycles. The second-order valence-electron chi connectivity index (χ2n) is 3.48. The maximum Gasteiger partial charge on any atom is 0.123 e. The molecule has 0 spiro atoms. The maximum absolute atomic E-state index is 12.6. The van der Waals surface area contributed by atoms with E-state index in [-0.39, 0.29) is 5.82 Å². The Hall–Kier alpha value is -0.890. The van der Waals surface area contributed by atoms with Crippen molar-refractivity contribution in [2.24, 2.45) is 0 Å². The van der Waals surface area contributed by atoms with Gasteiger partial charge >= 0.3 is 0 Å². The molecule has 0 saturated carbocycles. The molecule has 0 radical (unpaired) electrons. The van der Waals surface area contributed by atoms with E-state index in [1.165, 1.54) is 30.5 Å². The van der Waals surface area contributed by atoms with E-state index in [9.17, 15) is 4.39 Å². The first-order chi connectivity index (χ1) is 6.83. The van der Waals surface area contributed by atoms with Gasteiger partial charge in [0.1, 0.15) is 5.82 Å². The normalized spacial score (nSPS) is 10.4. The molecule has 0 amide bonds. The van der Waals surface area contributed by atoms with Gasteiger partial charge in [0, 0.05) is 0 Å². The number of halogens is 1. The molecule has 0 aromatic heterocycles. The molecular weight excluding hydrogens is 177 g/mol. The first-order valence-corrected chi connectivity index (χ1v) is 5.28. The number of benzene rings is 1. The summed E-state index contributed by atoms with van der Waals surface area (Å²) in [5.74, 6) is -0.160. The predicted octanol–water partition coefficient (Wildman–Crippen LogP) is 2.76. The molecule has 1 aromatic carbocycles. The van der Waals surface area contributed by atoms with Crippen LogP contribution in [0.4, 0.5) is 4.39 Å². The van der Waals surface area contributed by atoms with Crippen LogP contribution in [0.25, 0.3) is 0 Å². The van der Waals surface area contributed by atoms with Gasteiger partial charge in [-0.3, -0.25) is 0 Å². The number of unbranched alkanes of at least 4 members (excludes halogenated alkanes) is 1. The fraction of sp³-hybridized carbons (Fsp3) is 0.500. The van der Waals surface area contributed by atoms with Gasteiger partial charge in [-0.05, 0) is 43.6 Å². The molecule has 1 N–H and O–H groups in total. The molecule has 78 valence electrons. The lowest BCUT2D eigenvalue weighted by Crippen LogP contribution is -2.18. The van der Waals surface area contributed by atoms with Crippen LogP contribution >= 0.6 is 0 Å². The zero-order valence-corrected chi connectivity index (χ0v) is 8.72. The number of hydrogen-bond donors (Lipinski definition) is 1. The highest BCUT2D eigenvalue weighted by molar-refractivity contribution is 5.16. The Morgan fingerprint density at radius 2 is 1.86 bits per heavy atom. The Bertz CT molecular complexity index is 243. The van der Waals surface area contributed by atoms with Crippen LogP contribution < -0.4 is 5.32 Å². The summed E-state index contributed by atoms with van der Waals surface area (Å²) < 4.78 is 12.6. The van der Waals surface area contributed by atoms with Crippen LogP contribution in [0.2, 0.25) is 0 Å². The third-order valence-electron chi connectivity index (χ3n) is 2.21. The van der Waals surface area contributed by atoms with Gasteiger partial charge in [0.25, 0.3) is 0 Å². The molecule has 0 aliphatic heterocycles. The molecule has 14 heavy (non-hydrogen) atoms. The van der Waals surface area contributed by atoms with Crippen molar-refractivity contribution < 1.29 is 4.39 Å². The zero-order valence-electron chi connectivity index (χ0n) is 8.72. The van der Waals surface area contributed by atoms with Crippen molar-refractivity contribution in [1.82, 2.24) is 5.32 Å². The molecule has 0 unspecified atom stereocenters. The molecule has 1 aromatic rings. The highest BCUT2D eigenvalue weighted by Gasteiger charge is 1.93. The van der Waals surface area contributed by atoms with E-state index in [0.29, 0.717) is 0 Å². The topological polar surface area (TPSA) is 12.0 Å². The number of nitrogens with one attached hydrogen (secondary N) is 1. The van der Waals surface area contributed by atoms with Crippen LogP contribution in [-0.4, -0.2) is 13.1 Å². The minimum absolute atomic E-state index is 0.160. The van der Waals surface area contributed by atoms with Crippen LogP contribution in [0, 0.1) is 5.82 Å². The summed E-state index contributed by atoms with van der Waals surface area (Å²) in [6.07, 6.45) is 3.43. The van der Waals surface area contributed by atoms with Crippen molar-refractivity contribution in [3.8, 4) is 0 Å². The summed E-state index contributed by atoms with van der Waals surface area (Å²) in [7, 11) is 0. The summed E-state index contributed by atoms with van der Waals surface area (Å²) in [5.41, 5.74) is 1.19. The predicted molar refractivity (Wildman–Crippen MR) is 57.9 cm³/mol. The fourth-order valence-corrected chi connectivity index (χ4v) is 1.31. The van der Waals surface area contributed by atoms with Crippen molar-refractivity contribution in [1.29, 1.82) is 0 Å². The number of rotatable bonds is 6. The maximum atomic E-state index is 12.6. The van der Waals surface area contributed by atoms with Gasteiger partial charge in [0.15, 0.2) is 0 Å². The Morgan fingerprint density at radius 3 is 2.50 bits per heavy atom. The third kappa shape index (κ3) is 4.38. The minimum atomic E-state index is -0.160. The van der Waals surface area contributed by atoms with Crippen LogP contribution in [-0.2, 0) is 6.42 Å². The summed E-state index contributed by atoms with van der Waals surface area (Å²) in [6, 6.07) is 6.72. The average molecular weight is 195 g/mol. The van der Waals surface area contributed by atoms with E-state index in [4.69, 9.17) is 0 Å². The van der Waals surface area contributed by atoms with E-state index >= 15 is 0 Å². The number of hydrogen-bond acceptors (Lipinski definition) is 1. The molecule has 0 aliphatic rings. The lowest BCUT2D eigenvalue weighted by Gasteiger charge is -2.03. The lowest BCUT2D eigenvalue weighted by molar-refractivity contribution is 0.623. The van der Waals surface area contributed by atoms with Crippen molar-refractivity contribution in [3.05, 3.63) is 35.6 Å². The fourth-order valence-electron chi connectivity index (χ4n) is 1.31. The van der Waals surface area contributed by atoms with Crippen LogP contribution in [0.15, 0.2) is 24.3 Å². The van der Waals surface area contributed by atoms with Crippen molar-refractivity contribution in [2.45, 2.75) is 26.2 Å². The Morgan fingerprint density at radius 1 is 1.14 bits per heavy atom. The molecule has 0 aliphatic carbocycles. The standard InChI is InChI=1S/C12H18FN/c1-2-3-9-14-10-8-11-4-6-12(13)7-5-11/h4-7,14H,2-3,8-10H2,1H3. The van der Waals surface area contributed by atoms with E-state index in [1.54, 1.807) is 0 Å². The second kappa shape index (κ2) is 6.55. The SMILES string of the molecule is CCCCNCCc1ccc(F)cc1. The van der Waals surface area contributed by atoms with Gasteiger partial charge in [0.05, 0.1) is 0 Å². The summed E-state index contributed by atoms with van der Waals surface area (Å²) in [4.78, 5) is 0. The van der Waals surface area contributed by atoms with Crippen molar-refractivity contribution >= 4 is 0 Å². The molecule has 1 nitrogen and oxygen atoms in total. The van der Waals surface area contributed by atoms with Crippen LogP contribution in [0.5, 0.6) is 0 Å². The first kappa shape index (κ1) is 11.2. The van der Waals surface area contributed by atoms with Crippen molar-refractivity contribution in [3.63, 3.8) is 0 Å². The highest BCUT2D eigenvalue weighted by atomic mass is 19.1. The Labute approximate surface area is 85.3 Å². The molecule has 0 fully saturated rings. The summed E-state index contributed by atoms with van der Waals surface area (Å²) in [5, 5.41) is 3.36. The Kier molecular flexibility index (Phi) is 5.23. The van der Waals surface area contributed by atoms with Gasteiger partial charge in [-0.15, -0.1) is 0 Å². The monoisotopic (exact) mass is 195 g/mol. The first-order valence-electron chi connectivity index (χ1n) is 5.28. The van der Waals surface area contributed by atoms with E-state index in [2.05, 4.69) is 12.2 Å². The zero-order chi connectivity index (χ0) is 10.2. The van der Waals surface area contributed by atoms with Gasteiger partial charge in [-0.25, -0.2) is 4.39 Å².